The predicted molar refractivity (Wildman–Crippen MR) is 75.4 cm³/mol. The molecule has 0 saturated heterocycles. The van der Waals surface area contributed by atoms with Crippen molar-refractivity contribution in [3.63, 3.8) is 0 Å². The Kier molecular flexibility index (Phi) is 6.98. The molecule has 1 aromatic carbocycles. The fourth-order valence-corrected chi connectivity index (χ4v) is 1.86. The molecule has 0 aliphatic carbocycles. The van der Waals surface area contributed by atoms with E-state index in [2.05, 4.69) is 5.32 Å². The second-order valence-electron chi connectivity index (χ2n) is 4.08. The van der Waals surface area contributed by atoms with E-state index in [4.69, 9.17) is 27.1 Å². The normalized spacial score (nSPS) is 10.3. The standard InChI is InChI=1S/C13H16ClN3O3/c14-12-7-11(2-1-10(12)8-15)16-13(20)9-17(3-5-18)4-6-19/h1-2,7,18-19H,3-6,9H2,(H,16,20). The van der Waals surface area contributed by atoms with Gasteiger partial charge in [0.05, 0.1) is 30.3 Å². The molecule has 0 saturated carbocycles. The van der Waals surface area contributed by atoms with E-state index in [1.54, 1.807) is 11.0 Å². The molecular weight excluding hydrogens is 282 g/mol. The summed E-state index contributed by atoms with van der Waals surface area (Å²) in [6.45, 7) is 0.495. The first-order valence-electron chi connectivity index (χ1n) is 6.04. The minimum absolute atomic E-state index is 0.0543. The van der Waals surface area contributed by atoms with Crippen LogP contribution in [0.4, 0.5) is 5.69 Å². The molecule has 0 atom stereocenters. The Hall–Kier alpha value is -1.65. The van der Waals surface area contributed by atoms with Crippen molar-refractivity contribution in [2.75, 3.05) is 38.2 Å². The number of nitrogens with zero attached hydrogens (tertiary/aromatic N) is 2. The largest absolute Gasteiger partial charge is 0.395 e. The lowest BCUT2D eigenvalue weighted by atomic mass is 10.2. The van der Waals surface area contributed by atoms with Crippen LogP contribution in [0.15, 0.2) is 18.2 Å². The van der Waals surface area contributed by atoms with E-state index >= 15 is 0 Å². The molecule has 0 unspecified atom stereocenters. The Morgan fingerprint density at radius 2 is 2.00 bits per heavy atom. The van der Waals surface area contributed by atoms with E-state index in [9.17, 15) is 4.79 Å². The molecule has 0 aliphatic heterocycles. The summed E-state index contributed by atoms with van der Waals surface area (Å²) in [5.41, 5.74) is 0.832. The molecule has 0 radical (unpaired) electrons. The maximum absolute atomic E-state index is 11.8. The first-order chi connectivity index (χ1) is 9.60. The highest BCUT2D eigenvalue weighted by Crippen LogP contribution is 2.20. The molecule has 108 valence electrons. The molecule has 7 heteroatoms. The van der Waals surface area contributed by atoms with Gasteiger partial charge in [-0.2, -0.15) is 5.26 Å². The van der Waals surface area contributed by atoms with Crippen molar-refractivity contribution in [1.29, 1.82) is 5.26 Å². The van der Waals surface area contributed by atoms with Crippen LogP contribution in [0.5, 0.6) is 0 Å². The number of carbonyl (C=O) groups excluding carboxylic acids is 1. The van der Waals surface area contributed by atoms with Crippen molar-refractivity contribution < 1.29 is 15.0 Å². The zero-order chi connectivity index (χ0) is 15.0. The number of aliphatic hydroxyl groups excluding tert-OH is 2. The maximum atomic E-state index is 11.8. The fourth-order valence-electron chi connectivity index (χ4n) is 1.64. The molecule has 1 amide bonds. The zero-order valence-electron chi connectivity index (χ0n) is 10.8. The second-order valence-corrected chi connectivity index (χ2v) is 4.49. The van der Waals surface area contributed by atoms with Crippen molar-refractivity contribution >= 4 is 23.2 Å². The van der Waals surface area contributed by atoms with Crippen LogP contribution in [-0.4, -0.2) is 53.9 Å². The summed E-state index contributed by atoms with van der Waals surface area (Å²) in [6.07, 6.45) is 0. The molecule has 1 aromatic rings. The lowest BCUT2D eigenvalue weighted by Crippen LogP contribution is -2.37. The van der Waals surface area contributed by atoms with Crippen molar-refractivity contribution in [1.82, 2.24) is 4.90 Å². The van der Waals surface area contributed by atoms with Crippen LogP contribution in [0, 0.1) is 11.3 Å². The summed E-state index contributed by atoms with van der Waals surface area (Å²) < 4.78 is 0. The number of aliphatic hydroxyl groups is 2. The summed E-state index contributed by atoms with van der Waals surface area (Å²) >= 11 is 5.87. The van der Waals surface area contributed by atoms with Crippen LogP contribution in [0.3, 0.4) is 0 Å². The van der Waals surface area contributed by atoms with Gasteiger partial charge in [-0.3, -0.25) is 9.69 Å². The third kappa shape index (κ3) is 5.15. The van der Waals surface area contributed by atoms with Crippen LogP contribution in [0.1, 0.15) is 5.56 Å². The van der Waals surface area contributed by atoms with E-state index in [0.29, 0.717) is 24.3 Å². The van der Waals surface area contributed by atoms with Gasteiger partial charge in [0.2, 0.25) is 5.91 Å². The number of nitriles is 1. The highest BCUT2D eigenvalue weighted by molar-refractivity contribution is 6.32. The summed E-state index contributed by atoms with van der Waals surface area (Å²) in [5.74, 6) is -0.285. The van der Waals surface area contributed by atoms with Gasteiger partial charge >= 0.3 is 0 Å². The monoisotopic (exact) mass is 297 g/mol. The average molecular weight is 298 g/mol. The fraction of sp³-hybridized carbons (Fsp3) is 0.385. The maximum Gasteiger partial charge on any atom is 0.238 e. The van der Waals surface area contributed by atoms with E-state index in [1.807, 2.05) is 6.07 Å². The molecule has 0 aliphatic rings. The lowest BCUT2D eigenvalue weighted by Gasteiger charge is -2.19. The minimum Gasteiger partial charge on any atom is -0.395 e. The predicted octanol–water partition coefficient (Wildman–Crippen LogP) is 0.437. The lowest BCUT2D eigenvalue weighted by molar-refractivity contribution is -0.117. The quantitative estimate of drug-likeness (QED) is 0.678. The highest BCUT2D eigenvalue weighted by atomic mass is 35.5. The highest BCUT2D eigenvalue weighted by Gasteiger charge is 2.10. The van der Waals surface area contributed by atoms with Crippen molar-refractivity contribution in [3.8, 4) is 6.07 Å². The Balaban J connectivity index is 2.61. The molecule has 0 fully saturated rings. The molecule has 6 nitrogen and oxygen atoms in total. The number of benzene rings is 1. The number of carbonyl (C=O) groups is 1. The summed E-state index contributed by atoms with van der Waals surface area (Å²) in [5, 5.41) is 29.4. The Morgan fingerprint density at radius 3 is 2.50 bits per heavy atom. The first-order valence-corrected chi connectivity index (χ1v) is 6.42. The number of halogens is 1. The number of rotatable bonds is 7. The third-order valence-corrected chi connectivity index (χ3v) is 2.89. The molecule has 0 spiro atoms. The molecule has 1 rings (SSSR count). The van der Waals surface area contributed by atoms with Gasteiger partial charge in [0, 0.05) is 18.8 Å². The van der Waals surface area contributed by atoms with Crippen LogP contribution in [0.25, 0.3) is 0 Å². The van der Waals surface area contributed by atoms with Crippen LogP contribution in [0.2, 0.25) is 5.02 Å². The van der Waals surface area contributed by atoms with Crippen LogP contribution < -0.4 is 5.32 Å². The topological polar surface area (TPSA) is 96.6 Å². The van der Waals surface area contributed by atoms with Gasteiger partial charge < -0.3 is 15.5 Å². The van der Waals surface area contributed by atoms with Gasteiger partial charge in [0.15, 0.2) is 0 Å². The molecule has 20 heavy (non-hydrogen) atoms. The Labute approximate surface area is 122 Å². The van der Waals surface area contributed by atoms with Gasteiger partial charge in [-0.05, 0) is 18.2 Å². The van der Waals surface area contributed by atoms with Crippen molar-refractivity contribution in [2.45, 2.75) is 0 Å². The van der Waals surface area contributed by atoms with E-state index in [1.165, 1.54) is 12.1 Å². The van der Waals surface area contributed by atoms with E-state index in [-0.39, 0.29) is 30.7 Å². The number of amides is 1. The summed E-state index contributed by atoms with van der Waals surface area (Å²) in [7, 11) is 0. The number of anilines is 1. The molecule has 0 aromatic heterocycles. The Morgan fingerprint density at radius 1 is 1.35 bits per heavy atom. The van der Waals surface area contributed by atoms with Gasteiger partial charge in [0.25, 0.3) is 0 Å². The molecule has 0 heterocycles. The third-order valence-electron chi connectivity index (χ3n) is 2.57. The smallest absolute Gasteiger partial charge is 0.238 e. The number of nitrogens with one attached hydrogen (secondary N) is 1. The minimum atomic E-state index is -0.285. The number of hydrogen-bond acceptors (Lipinski definition) is 5. The Bertz CT molecular complexity index is 496. The van der Waals surface area contributed by atoms with E-state index in [0.717, 1.165) is 0 Å². The van der Waals surface area contributed by atoms with Crippen LogP contribution in [-0.2, 0) is 4.79 Å². The van der Waals surface area contributed by atoms with Gasteiger partial charge in [-0.25, -0.2) is 0 Å². The SMILES string of the molecule is N#Cc1ccc(NC(=O)CN(CCO)CCO)cc1Cl. The number of hydrogen-bond donors (Lipinski definition) is 3. The van der Waals surface area contributed by atoms with Gasteiger partial charge in [0.1, 0.15) is 6.07 Å². The average Bonchev–Trinajstić information content (AvgIpc) is 2.39. The van der Waals surface area contributed by atoms with Gasteiger partial charge in [-0.15, -0.1) is 0 Å². The van der Waals surface area contributed by atoms with Crippen molar-refractivity contribution in [2.24, 2.45) is 0 Å². The second kappa shape index (κ2) is 8.51. The summed E-state index contributed by atoms with van der Waals surface area (Å²) in [6, 6.07) is 6.55. The molecular formula is C13H16ClN3O3. The molecule has 3 N–H and O–H groups in total. The van der Waals surface area contributed by atoms with Gasteiger partial charge in [-0.1, -0.05) is 11.6 Å². The first kappa shape index (κ1) is 16.4. The molecule has 0 bridgehead atoms. The zero-order valence-corrected chi connectivity index (χ0v) is 11.6. The van der Waals surface area contributed by atoms with E-state index < -0.39 is 0 Å². The van der Waals surface area contributed by atoms with Crippen molar-refractivity contribution in [3.05, 3.63) is 28.8 Å². The summed E-state index contributed by atoms with van der Waals surface area (Å²) in [4.78, 5) is 13.4. The van der Waals surface area contributed by atoms with Crippen LogP contribution >= 0.6 is 11.6 Å².